The minimum atomic E-state index is -3.50. The molecule has 1 saturated heterocycles. The van der Waals surface area contributed by atoms with E-state index in [1.807, 2.05) is 6.92 Å². The largest absolute Gasteiger partial charge is 0.381 e. The van der Waals surface area contributed by atoms with Crippen LogP contribution in [0.15, 0.2) is 0 Å². The van der Waals surface area contributed by atoms with Gasteiger partial charge in [0.15, 0.2) is 23.8 Å². The van der Waals surface area contributed by atoms with Crippen LogP contribution >= 0.6 is 0 Å². The number of ketones is 1. The first-order valence-corrected chi connectivity index (χ1v) is 11.5. The summed E-state index contributed by atoms with van der Waals surface area (Å²) in [6.45, 7) is 6.73. The normalized spacial score (nSPS) is 21.2. The average molecular weight is 440 g/mol. The summed E-state index contributed by atoms with van der Waals surface area (Å²) < 4.78 is 47.9. The average Bonchev–Trinajstić information content (AvgIpc) is 2.95. The lowest BCUT2D eigenvalue weighted by Crippen LogP contribution is -2.45. The van der Waals surface area contributed by atoms with Crippen LogP contribution in [0.2, 0.25) is 0 Å². The molecule has 0 aromatic carbocycles. The van der Waals surface area contributed by atoms with E-state index in [2.05, 4.69) is 9.50 Å². The Morgan fingerprint density at radius 3 is 2.31 bits per heavy atom. The van der Waals surface area contributed by atoms with Crippen molar-refractivity contribution in [2.45, 2.75) is 58.0 Å². The van der Waals surface area contributed by atoms with Crippen LogP contribution in [-0.4, -0.2) is 83.9 Å². The Balaban J connectivity index is 2.37. The van der Waals surface area contributed by atoms with Gasteiger partial charge in [0, 0.05) is 26.2 Å². The minimum absolute atomic E-state index is 0.0697. The number of nitrogens with one attached hydrogen (secondary N) is 1. The van der Waals surface area contributed by atoms with E-state index in [0.717, 1.165) is 12.7 Å². The number of carbonyl (C=O) groups is 2. The van der Waals surface area contributed by atoms with Crippen LogP contribution in [0.3, 0.4) is 0 Å². The topological polar surface area (TPSA) is 126 Å². The number of amides is 1. The zero-order valence-electron chi connectivity index (χ0n) is 17.6. The van der Waals surface area contributed by atoms with E-state index < -0.39 is 34.0 Å². The van der Waals surface area contributed by atoms with Crippen molar-refractivity contribution >= 4 is 21.8 Å². The van der Waals surface area contributed by atoms with Gasteiger partial charge in [-0.3, -0.25) is 13.8 Å². The molecule has 1 rings (SSSR count). The van der Waals surface area contributed by atoms with Gasteiger partial charge < -0.3 is 24.3 Å². The van der Waals surface area contributed by atoms with Crippen LogP contribution in [0.5, 0.6) is 0 Å². The molecule has 11 heteroatoms. The van der Waals surface area contributed by atoms with Crippen LogP contribution in [0.25, 0.3) is 0 Å². The van der Waals surface area contributed by atoms with Gasteiger partial charge in [-0.15, -0.1) is 0 Å². The molecule has 10 nitrogen and oxygen atoms in total. The number of carbonyl (C=O) groups excluding carboxylic acids is 2. The highest BCUT2D eigenvalue weighted by atomic mass is 32.2. The monoisotopic (exact) mass is 439 g/mol. The smallest absolute Gasteiger partial charge is 0.264 e. The van der Waals surface area contributed by atoms with Crippen LogP contribution in [0, 0.1) is 0 Å². The number of Topliss-reactive ketones (excluding diaryl/α,β-unsaturated/α-hetero) is 1. The molecule has 0 radical (unpaired) electrons. The van der Waals surface area contributed by atoms with Gasteiger partial charge in [0.1, 0.15) is 0 Å². The van der Waals surface area contributed by atoms with Gasteiger partial charge >= 0.3 is 0 Å². The number of ether oxygens (including phenoxy) is 4. The summed E-state index contributed by atoms with van der Waals surface area (Å²) in [7, 11) is -3.50. The van der Waals surface area contributed by atoms with E-state index in [0.29, 0.717) is 19.6 Å². The van der Waals surface area contributed by atoms with Gasteiger partial charge in [-0.25, -0.2) is 0 Å². The fourth-order valence-electron chi connectivity index (χ4n) is 2.62. The molecular weight excluding hydrogens is 406 g/mol. The van der Waals surface area contributed by atoms with Crippen molar-refractivity contribution in [3.8, 4) is 0 Å². The zero-order chi connectivity index (χ0) is 21.9. The van der Waals surface area contributed by atoms with Gasteiger partial charge in [-0.2, -0.15) is 8.42 Å². The van der Waals surface area contributed by atoms with Crippen molar-refractivity contribution in [1.82, 2.24) is 5.32 Å². The third-order valence-electron chi connectivity index (χ3n) is 3.80. The molecule has 0 aliphatic carbocycles. The van der Waals surface area contributed by atoms with Crippen molar-refractivity contribution in [3.63, 3.8) is 0 Å². The molecule has 2 unspecified atom stereocenters. The first-order valence-electron chi connectivity index (χ1n) is 9.71. The Morgan fingerprint density at radius 1 is 1.00 bits per heavy atom. The fourth-order valence-corrected chi connectivity index (χ4v) is 2.99. The highest BCUT2D eigenvalue weighted by Crippen LogP contribution is 2.29. The van der Waals surface area contributed by atoms with Gasteiger partial charge in [-0.05, 0) is 26.7 Å². The van der Waals surface area contributed by atoms with Crippen molar-refractivity contribution < 1.29 is 41.1 Å². The first-order chi connectivity index (χ1) is 13.6. The van der Waals surface area contributed by atoms with Crippen LogP contribution < -0.4 is 5.32 Å². The lowest BCUT2D eigenvalue weighted by Gasteiger charge is -2.16. The molecule has 0 aromatic rings. The van der Waals surface area contributed by atoms with Crippen LogP contribution in [0.1, 0.15) is 40.0 Å². The van der Waals surface area contributed by atoms with Gasteiger partial charge in [0.25, 0.3) is 16.0 Å². The third kappa shape index (κ3) is 11.0. The lowest BCUT2D eigenvalue weighted by atomic mass is 10.0. The SMILES string of the molecule is CCCOCCCC(=O)C1OC(C)(C)OC1C(=O)NCCOCCOS(C)(=O)=O. The van der Waals surface area contributed by atoms with E-state index in [1.165, 1.54) is 0 Å². The molecule has 0 spiro atoms. The summed E-state index contributed by atoms with van der Waals surface area (Å²) in [6, 6.07) is 0. The Labute approximate surface area is 172 Å². The van der Waals surface area contributed by atoms with Gasteiger partial charge in [-0.1, -0.05) is 6.92 Å². The predicted octanol–water partition coefficient (Wildman–Crippen LogP) is 0.391. The molecule has 0 bridgehead atoms. The molecule has 0 saturated carbocycles. The number of rotatable bonds is 15. The molecular formula is C18H33NO9S. The highest BCUT2D eigenvalue weighted by Gasteiger charge is 2.48. The summed E-state index contributed by atoms with van der Waals surface area (Å²) in [5.74, 6) is -1.71. The van der Waals surface area contributed by atoms with Crippen molar-refractivity contribution in [2.75, 3.05) is 45.8 Å². The van der Waals surface area contributed by atoms with Crippen molar-refractivity contribution in [1.29, 1.82) is 0 Å². The Bertz CT molecular complexity index is 621. The summed E-state index contributed by atoms with van der Waals surface area (Å²) in [4.78, 5) is 24.9. The van der Waals surface area contributed by atoms with E-state index in [1.54, 1.807) is 13.8 Å². The summed E-state index contributed by atoms with van der Waals surface area (Å²) in [5.41, 5.74) is 0. The summed E-state index contributed by atoms with van der Waals surface area (Å²) >= 11 is 0. The Hall–Kier alpha value is -1.11. The number of hydrogen-bond donors (Lipinski definition) is 1. The molecule has 1 amide bonds. The maximum absolute atomic E-state index is 12.5. The van der Waals surface area contributed by atoms with E-state index in [9.17, 15) is 18.0 Å². The highest BCUT2D eigenvalue weighted by molar-refractivity contribution is 7.85. The second-order valence-corrected chi connectivity index (χ2v) is 8.73. The first kappa shape index (κ1) is 25.9. The van der Waals surface area contributed by atoms with Crippen LogP contribution in [0.4, 0.5) is 0 Å². The van der Waals surface area contributed by atoms with E-state index in [-0.39, 0.29) is 38.6 Å². The Kier molecular flexibility index (Phi) is 11.2. The number of hydrogen-bond acceptors (Lipinski definition) is 9. The molecule has 2 atom stereocenters. The van der Waals surface area contributed by atoms with E-state index in [4.69, 9.17) is 18.9 Å². The summed E-state index contributed by atoms with van der Waals surface area (Å²) in [6.07, 6.45) is 0.646. The maximum atomic E-state index is 12.5. The summed E-state index contributed by atoms with van der Waals surface area (Å²) in [5, 5.41) is 2.63. The fraction of sp³-hybridized carbons (Fsp3) is 0.889. The molecule has 170 valence electrons. The second-order valence-electron chi connectivity index (χ2n) is 7.09. The van der Waals surface area contributed by atoms with Crippen molar-refractivity contribution in [3.05, 3.63) is 0 Å². The quantitative estimate of drug-likeness (QED) is 0.285. The lowest BCUT2D eigenvalue weighted by molar-refractivity contribution is -0.159. The zero-order valence-corrected chi connectivity index (χ0v) is 18.4. The molecule has 1 N–H and O–H groups in total. The molecule has 0 aromatic heterocycles. The van der Waals surface area contributed by atoms with Gasteiger partial charge in [0.05, 0.1) is 26.1 Å². The molecule has 29 heavy (non-hydrogen) atoms. The molecule has 1 heterocycles. The van der Waals surface area contributed by atoms with Gasteiger partial charge in [0.2, 0.25) is 0 Å². The minimum Gasteiger partial charge on any atom is -0.381 e. The third-order valence-corrected chi connectivity index (χ3v) is 4.40. The molecule has 1 aliphatic rings. The second kappa shape index (κ2) is 12.6. The Morgan fingerprint density at radius 2 is 1.66 bits per heavy atom. The maximum Gasteiger partial charge on any atom is 0.264 e. The van der Waals surface area contributed by atoms with Crippen molar-refractivity contribution in [2.24, 2.45) is 0 Å². The molecule has 1 aliphatic heterocycles. The predicted molar refractivity (Wildman–Crippen MR) is 104 cm³/mol. The van der Waals surface area contributed by atoms with Crippen LogP contribution in [-0.2, 0) is 42.8 Å². The molecule has 1 fully saturated rings. The van der Waals surface area contributed by atoms with E-state index >= 15 is 0 Å². The standard InChI is InChI=1S/C18H33NO9S/c1-5-9-24-10-6-7-14(20)15-16(28-18(2,3)27-15)17(21)19-8-11-25-12-13-26-29(4,22)23/h15-16H,5-13H2,1-4H3,(H,19,21).